The van der Waals surface area contributed by atoms with E-state index in [4.69, 9.17) is 15.2 Å². The van der Waals surface area contributed by atoms with E-state index in [1.54, 1.807) is 12.2 Å². The topological polar surface area (TPSA) is 91.0 Å². The van der Waals surface area contributed by atoms with E-state index in [1.807, 2.05) is 13.8 Å². The molecule has 2 rings (SSSR count). The molecule has 1 amide bonds. The summed E-state index contributed by atoms with van der Waals surface area (Å²) in [5.74, 6) is 1.60. The molecular weight excluding hydrogens is 400 g/mol. The van der Waals surface area contributed by atoms with E-state index in [0.29, 0.717) is 36.3 Å². The van der Waals surface area contributed by atoms with Gasteiger partial charge >= 0.3 is 5.97 Å². The second-order valence-corrected chi connectivity index (χ2v) is 10.0. The van der Waals surface area contributed by atoms with E-state index in [2.05, 4.69) is 25.8 Å². The highest BCUT2D eigenvalue weighted by Crippen LogP contribution is 2.37. The van der Waals surface area contributed by atoms with Gasteiger partial charge in [0, 0.05) is 11.7 Å². The van der Waals surface area contributed by atoms with Crippen LogP contribution in [0, 0.1) is 23.7 Å². The van der Waals surface area contributed by atoms with Gasteiger partial charge in [-0.15, -0.1) is 11.8 Å². The molecule has 6 unspecified atom stereocenters. The van der Waals surface area contributed by atoms with Crippen LogP contribution in [0.4, 0.5) is 0 Å². The van der Waals surface area contributed by atoms with Crippen LogP contribution in [0.15, 0.2) is 17.1 Å². The zero-order chi connectivity index (χ0) is 22.3. The Labute approximate surface area is 185 Å². The summed E-state index contributed by atoms with van der Waals surface area (Å²) in [6.07, 6.45) is 7.58. The summed E-state index contributed by atoms with van der Waals surface area (Å²) in [7, 11) is 0. The van der Waals surface area contributed by atoms with Gasteiger partial charge in [0.25, 0.3) is 5.91 Å². The average Bonchev–Trinajstić information content (AvgIpc) is 3.14. The number of carbonyl (C=O) groups excluding carboxylic acids is 2. The number of allylic oxidation sites excluding steroid dienone is 1. The number of hydrogen-bond donors (Lipinski definition) is 1. The summed E-state index contributed by atoms with van der Waals surface area (Å²) in [4.78, 5) is 29.1. The Hall–Kier alpha value is -1.34. The number of ether oxygens (including phenoxy) is 2. The molecule has 0 spiro atoms. The fourth-order valence-electron chi connectivity index (χ4n) is 4.34. The Balaban J connectivity index is 1.90. The minimum atomic E-state index is -0.607. The van der Waals surface area contributed by atoms with Crippen molar-refractivity contribution in [2.24, 2.45) is 34.4 Å². The third-order valence-electron chi connectivity index (χ3n) is 6.14. The standard InChI is InChI=1S/C23H38N2O4S/c1-6-8-20(24)25-21(26)16(7-2)12-17-13-30-23(28-17)22(27)29-19-11-15(5)9-10-18(19)14(3)4/h6,8,14-19,23H,7,9-13H2,1-5H3,(H2,24,25,26). The number of nitrogens with zero attached hydrogens (tertiary/aromatic N) is 1. The molecular formula is C23H38N2O4S. The van der Waals surface area contributed by atoms with Crippen molar-refractivity contribution >= 4 is 29.5 Å². The van der Waals surface area contributed by atoms with Gasteiger partial charge in [-0.2, -0.15) is 4.99 Å². The first-order valence-electron chi connectivity index (χ1n) is 11.2. The number of hydrogen-bond acceptors (Lipinski definition) is 5. The highest BCUT2D eigenvalue weighted by atomic mass is 32.2. The van der Waals surface area contributed by atoms with Crippen LogP contribution in [0.3, 0.4) is 0 Å². The van der Waals surface area contributed by atoms with Gasteiger partial charge in [0.2, 0.25) is 5.44 Å². The summed E-state index contributed by atoms with van der Waals surface area (Å²) in [5, 5.41) is 0. The van der Waals surface area contributed by atoms with E-state index < -0.39 is 5.44 Å². The molecule has 1 saturated heterocycles. The van der Waals surface area contributed by atoms with Crippen molar-refractivity contribution in [2.75, 3.05) is 5.75 Å². The first-order chi connectivity index (χ1) is 14.2. The van der Waals surface area contributed by atoms with Crippen LogP contribution in [-0.4, -0.2) is 41.1 Å². The van der Waals surface area contributed by atoms with Crippen LogP contribution in [0.25, 0.3) is 0 Å². The summed E-state index contributed by atoms with van der Waals surface area (Å²) in [6, 6.07) is 0. The lowest BCUT2D eigenvalue weighted by molar-refractivity contribution is -0.164. The number of esters is 1. The highest BCUT2D eigenvalue weighted by Gasteiger charge is 2.39. The van der Waals surface area contributed by atoms with Gasteiger partial charge in [0.05, 0.1) is 6.10 Å². The Morgan fingerprint density at radius 2 is 2.07 bits per heavy atom. The van der Waals surface area contributed by atoms with Crippen LogP contribution in [0.5, 0.6) is 0 Å². The molecule has 1 aliphatic heterocycles. The van der Waals surface area contributed by atoms with Crippen molar-refractivity contribution in [2.45, 2.75) is 84.4 Å². The van der Waals surface area contributed by atoms with Gasteiger partial charge in [0.1, 0.15) is 11.9 Å². The Morgan fingerprint density at radius 3 is 2.70 bits per heavy atom. The molecule has 0 bridgehead atoms. The number of aliphatic imine (C=N–C) groups is 1. The van der Waals surface area contributed by atoms with Crippen molar-refractivity contribution in [1.29, 1.82) is 0 Å². The molecule has 6 nitrogen and oxygen atoms in total. The maximum Gasteiger partial charge on any atom is 0.346 e. The number of nitrogens with two attached hydrogens (primary N) is 1. The molecule has 0 aromatic heterocycles. The largest absolute Gasteiger partial charge is 0.459 e. The van der Waals surface area contributed by atoms with Crippen LogP contribution < -0.4 is 5.73 Å². The van der Waals surface area contributed by atoms with Crippen molar-refractivity contribution in [1.82, 2.24) is 0 Å². The van der Waals surface area contributed by atoms with E-state index in [0.717, 1.165) is 12.8 Å². The third-order valence-corrected chi connectivity index (χ3v) is 7.31. The maximum atomic E-state index is 12.8. The number of rotatable bonds is 8. The first-order valence-corrected chi connectivity index (χ1v) is 12.3. The molecule has 2 N–H and O–H groups in total. The fraction of sp³-hybridized carbons (Fsp3) is 0.783. The van der Waals surface area contributed by atoms with Crippen molar-refractivity contribution < 1.29 is 19.1 Å². The van der Waals surface area contributed by atoms with Crippen LogP contribution >= 0.6 is 11.8 Å². The quantitative estimate of drug-likeness (QED) is 0.345. The molecule has 6 atom stereocenters. The number of thioether (sulfide) groups is 1. The molecule has 0 aromatic carbocycles. The minimum absolute atomic E-state index is 0.0293. The lowest BCUT2D eigenvalue weighted by Gasteiger charge is -2.37. The second kappa shape index (κ2) is 11.9. The minimum Gasteiger partial charge on any atom is -0.459 e. The summed E-state index contributed by atoms with van der Waals surface area (Å²) in [5.41, 5.74) is 5.12. The van der Waals surface area contributed by atoms with Crippen molar-refractivity contribution in [3.05, 3.63) is 12.2 Å². The zero-order valence-electron chi connectivity index (χ0n) is 19.0. The Kier molecular flexibility index (Phi) is 9.88. The lowest BCUT2D eigenvalue weighted by atomic mass is 9.75. The SMILES string of the molecule is CC=CC(N)=NC(=O)C(CC)CC1CSC(C(=O)OC2CC(C)CCC2C(C)C)O1. The monoisotopic (exact) mass is 438 g/mol. The van der Waals surface area contributed by atoms with Crippen LogP contribution in [0.1, 0.15) is 66.7 Å². The molecule has 1 heterocycles. The van der Waals surface area contributed by atoms with E-state index in [-0.39, 0.29) is 35.8 Å². The van der Waals surface area contributed by atoms with Crippen LogP contribution in [-0.2, 0) is 19.1 Å². The lowest BCUT2D eigenvalue weighted by Crippen LogP contribution is -2.38. The molecule has 7 heteroatoms. The van der Waals surface area contributed by atoms with Gasteiger partial charge in [0.15, 0.2) is 0 Å². The Morgan fingerprint density at radius 1 is 1.33 bits per heavy atom. The van der Waals surface area contributed by atoms with E-state index in [1.165, 1.54) is 18.2 Å². The summed E-state index contributed by atoms with van der Waals surface area (Å²) < 4.78 is 11.9. The third kappa shape index (κ3) is 7.12. The highest BCUT2D eigenvalue weighted by molar-refractivity contribution is 8.00. The molecule has 0 aromatic rings. The predicted octanol–water partition coefficient (Wildman–Crippen LogP) is 4.32. The van der Waals surface area contributed by atoms with Crippen molar-refractivity contribution in [3.8, 4) is 0 Å². The number of amidine groups is 1. The molecule has 30 heavy (non-hydrogen) atoms. The van der Waals surface area contributed by atoms with Gasteiger partial charge in [-0.1, -0.05) is 40.2 Å². The molecule has 2 fully saturated rings. The molecule has 0 radical (unpaired) electrons. The van der Waals surface area contributed by atoms with E-state index in [9.17, 15) is 9.59 Å². The predicted molar refractivity (Wildman–Crippen MR) is 122 cm³/mol. The van der Waals surface area contributed by atoms with E-state index >= 15 is 0 Å². The van der Waals surface area contributed by atoms with Gasteiger partial charge in [-0.3, -0.25) is 4.79 Å². The summed E-state index contributed by atoms with van der Waals surface area (Å²) >= 11 is 1.46. The molecule has 1 saturated carbocycles. The van der Waals surface area contributed by atoms with Gasteiger partial charge in [-0.25, -0.2) is 4.79 Å². The van der Waals surface area contributed by atoms with Crippen molar-refractivity contribution in [3.63, 3.8) is 0 Å². The number of amides is 1. The zero-order valence-corrected chi connectivity index (χ0v) is 19.8. The molecule has 2 aliphatic rings. The van der Waals surface area contributed by atoms with Gasteiger partial charge < -0.3 is 15.2 Å². The van der Waals surface area contributed by atoms with Crippen LogP contribution in [0.2, 0.25) is 0 Å². The van der Waals surface area contributed by atoms with Gasteiger partial charge in [-0.05, 0) is 56.4 Å². The second-order valence-electron chi connectivity index (χ2n) is 8.94. The Bertz CT molecular complexity index is 649. The normalized spacial score (nSPS) is 31.3. The average molecular weight is 439 g/mol. The maximum absolute atomic E-state index is 12.8. The number of carbonyl (C=O) groups is 2. The molecule has 170 valence electrons. The fourth-order valence-corrected chi connectivity index (χ4v) is 5.37. The smallest absolute Gasteiger partial charge is 0.346 e. The first kappa shape index (κ1) is 24.9. The summed E-state index contributed by atoms with van der Waals surface area (Å²) in [6.45, 7) is 10.4. The molecule has 1 aliphatic carbocycles.